The minimum absolute atomic E-state index is 0.195. The van der Waals surface area contributed by atoms with Crippen LogP contribution >= 0.6 is 11.6 Å². The largest absolute Gasteiger partial charge is 0.461 e. The molecule has 1 aromatic rings. The molecule has 0 aliphatic carbocycles. The average Bonchev–Trinajstić information content (AvgIpc) is 2.75. The van der Waals surface area contributed by atoms with Crippen molar-refractivity contribution in [2.24, 2.45) is 0 Å². The molecule has 1 aliphatic rings. The van der Waals surface area contributed by atoms with Crippen LogP contribution in [0.2, 0.25) is 0 Å². The van der Waals surface area contributed by atoms with Crippen LogP contribution in [-0.4, -0.2) is 16.9 Å². The third-order valence-corrected chi connectivity index (χ3v) is 1.50. The number of alkyl halides is 1. The molecule has 5 nitrogen and oxygen atoms in total. The van der Waals surface area contributed by atoms with E-state index >= 15 is 0 Å². The van der Waals surface area contributed by atoms with Crippen LogP contribution in [0.4, 0.5) is 0 Å². The topological polar surface area (TPSA) is 57.4 Å². The van der Waals surface area contributed by atoms with Gasteiger partial charge >= 0.3 is 0 Å². The van der Waals surface area contributed by atoms with Gasteiger partial charge in [0, 0.05) is 0 Å². The lowest BCUT2D eigenvalue weighted by molar-refractivity contribution is 0.0998. The van der Waals surface area contributed by atoms with Gasteiger partial charge in [0.25, 0.3) is 0 Å². The Kier molecular flexibility index (Phi) is 1.87. The SMILES string of the molecule is ClCc1nc(C2=COCO2)no1. The van der Waals surface area contributed by atoms with Gasteiger partial charge in [-0.2, -0.15) is 4.98 Å². The summed E-state index contributed by atoms with van der Waals surface area (Å²) in [7, 11) is 0. The molecule has 1 aromatic heterocycles. The van der Waals surface area contributed by atoms with E-state index in [1.807, 2.05) is 0 Å². The summed E-state index contributed by atoms with van der Waals surface area (Å²) in [6, 6.07) is 0. The van der Waals surface area contributed by atoms with Gasteiger partial charge in [-0.15, -0.1) is 11.6 Å². The highest BCUT2D eigenvalue weighted by molar-refractivity contribution is 6.16. The second-order valence-corrected chi connectivity index (χ2v) is 2.32. The third-order valence-electron chi connectivity index (χ3n) is 1.28. The van der Waals surface area contributed by atoms with Crippen molar-refractivity contribution < 1.29 is 14.0 Å². The molecule has 1 aliphatic heterocycles. The van der Waals surface area contributed by atoms with Gasteiger partial charge in [-0.05, 0) is 0 Å². The Morgan fingerprint density at radius 3 is 3.08 bits per heavy atom. The molecule has 0 radical (unpaired) electrons. The number of ether oxygens (including phenoxy) is 2. The van der Waals surface area contributed by atoms with Gasteiger partial charge in [-0.1, -0.05) is 5.16 Å². The molecule has 0 saturated carbocycles. The Balaban J connectivity index is 2.22. The van der Waals surface area contributed by atoms with Crippen LogP contribution in [0.5, 0.6) is 0 Å². The highest BCUT2D eigenvalue weighted by atomic mass is 35.5. The van der Waals surface area contributed by atoms with Gasteiger partial charge in [-0.25, -0.2) is 0 Å². The van der Waals surface area contributed by atoms with E-state index in [1.54, 1.807) is 0 Å². The van der Waals surface area contributed by atoms with E-state index in [4.69, 9.17) is 25.6 Å². The summed E-state index contributed by atoms with van der Waals surface area (Å²) in [6.07, 6.45) is 1.43. The molecule has 0 amide bonds. The Hall–Kier alpha value is -1.23. The summed E-state index contributed by atoms with van der Waals surface area (Å²) in [6.45, 7) is 0.195. The summed E-state index contributed by atoms with van der Waals surface area (Å²) < 4.78 is 14.6. The molecule has 6 heteroatoms. The van der Waals surface area contributed by atoms with Crippen LogP contribution in [0.1, 0.15) is 11.7 Å². The molecule has 0 saturated heterocycles. The van der Waals surface area contributed by atoms with Crippen LogP contribution in [0, 0.1) is 0 Å². The number of hydrogen-bond donors (Lipinski definition) is 0. The van der Waals surface area contributed by atoms with Crippen molar-refractivity contribution >= 4 is 17.4 Å². The van der Waals surface area contributed by atoms with Gasteiger partial charge in [0.2, 0.25) is 24.3 Å². The highest BCUT2D eigenvalue weighted by Crippen LogP contribution is 2.17. The molecule has 64 valence electrons. The average molecular weight is 189 g/mol. The van der Waals surface area contributed by atoms with Gasteiger partial charge in [0.15, 0.2) is 0 Å². The van der Waals surface area contributed by atoms with Crippen LogP contribution in [0.3, 0.4) is 0 Å². The molecule has 2 rings (SSSR count). The molecule has 0 fully saturated rings. The molecule has 2 heterocycles. The standard InChI is InChI=1S/C6H5ClN2O3/c7-1-5-8-6(9-12-5)4-2-10-3-11-4/h2H,1,3H2. The lowest BCUT2D eigenvalue weighted by Crippen LogP contribution is -1.88. The Morgan fingerprint density at radius 2 is 2.50 bits per heavy atom. The molecule has 12 heavy (non-hydrogen) atoms. The smallest absolute Gasteiger partial charge is 0.241 e. The van der Waals surface area contributed by atoms with Crippen molar-refractivity contribution in [3.05, 3.63) is 18.0 Å². The van der Waals surface area contributed by atoms with E-state index < -0.39 is 0 Å². The van der Waals surface area contributed by atoms with Crippen LogP contribution in [0.25, 0.3) is 5.76 Å². The number of halogens is 1. The number of nitrogens with zero attached hydrogens (tertiary/aromatic N) is 2. The van der Waals surface area contributed by atoms with Crippen molar-refractivity contribution in [3.8, 4) is 0 Å². The van der Waals surface area contributed by atoms with E-state index in [-0.39, 0.29) is 12.7 Å². The van der Waals surface area contributed by atoms with E-state index in [0.717, 1.165) is 0 Å². The van der Waals surface area contributed by atoms with Crippen molar-refractivity contribution in [3.63, 3.8) is 0 Å². The van der Waals surface area contributed by atoms with E-state index in [9.17, 15) is 0 Å². The van der Waals surface area contributed by atoms with E-state index in [0.29, 0.717) is 17.5 Å². The minimum Gasteiger partial charge on any atom is -0.461 e. The molecule has 0 unspecified atom stereocenters. The Morgan fingerprint density at radius 1 is 1.58 bits per heavy atom. The van der Waals surface area contributed by atoms with Crippen LogP contribution in [-0.2, 0) is 15.4 Å². The Bertz CT molecular complexity index is 309. The van der Waals surface area contributed by atoms with Gasteiger partial charge < -0.3 is 14.0 Å². The molecule has 0 N–H and O–H groups in total. The fraction of sp³-hybridized carbons (Fsp3) is 0.333. The first kappa shape index (κ1) is 7.42. The van der Waals surface area contributed by atoms with Gasteiger partial charge in [0.1, 0.15) is 12.1 Å². The molecule has 0 spiro atoms. The van der Waals surface area contributed by atoms with E-state index in [2.05, 4.69) is 10.1 Å². The van der Waals surface area contributed by atoms with Crippen LogP contribution in [0.15, 0.2) is 10.8 Å². The van der Waals surface area contributed by atoms with E-state index in [1.165, 1.54) is 6.26 Å². The number of aromatic nitrogens is 2. The molecule has 0 atom stereocenters. The van der Waals surface area contributed by atoms with Gasteiger partial charge in [0.05, 0.1) is 0 Å². The number of rotatable bonds is 2. The summed E-state index contributed by atoms with van der Waals surface area (Å²) in [4.78, 5) is 3.93. The van der Waals surface area contributed by atoms with Crippen molar-refractivity contribution in [1.82, 2.24) is 10.1 Å². The van der Waals surface area contributed by atoms with Crippen molar-refractivity contribution in [2.75, 3.05) is 6.79 Å². The lowest BCUT2D eigenvalue weighted by Gasteiger charge is -1.91. The summed E-state index contributed by atoms with van der Waals surface area (Å²) in [5.74, 6) is 1.39. The third kappa shape index (κ3) is 1.23. The van der Waals surface area contributed by atoms with Crippen molar-refractivity contribution in [1.29, 1.82) is 0 Å². The lowest BCUT2D eigenvalue weighted by atomic mass is 10.5. The minimum atomic E-state index is 0.195. The van der Waals surface area contributed by atoms with Crippen molar-refractivity contribution in [2.45, 2.75) is 5.88 Å². The zero-order chi connectivity index (χ0) is 8.39. The maximum absolute atomic E-state index is 5.46. The fourth-order valence-corrected chi connectivity index (χ4v) is 0.876. The first-order valence-corrected chi connectivity index (χ1v) is 3.77. The maximum Gasteiger partial charge on any atom is 0.241 e. The second kappa shape index (κ2) is 3.02. The monoisotopic (exact) mass is 188 g/mol. The molecule has 0 bridgehead atoms. The first-order valence-electron chi connectivity index (χ1n) is 3.23. The first-order chi connectivity index (χ1) is 5.90. The maximum atomic E-state index is 5.46. The summed E-state index contributed by atoms with van der Waals surface area (Å²) >= 11 is 5.46. The van der Waals surface area contributed by atoms with Gasteiger partial charge in [-0.3, -0.25) is 0 Å². The summed E-state index contributed by atoms with van der Waals surface area (Å²) in [5, 5.41) is 3.63. The number of hydrogen-bond acceptors (Lipinski definition) is 5. The zero-order valence-electron chi connectivity index (χ0n) is 5.99. The normalized spacial score (nSPS) is 15.2. The predicted octanol–water partition coefficient (Wildman–Crippen LogP) is 1.11. The Labute approximate surface area is 72.9 Å². The fourth-order valence-electron chi connectivity index (χ4n) is 0.768. The quantitative estimate of drug-likeness (QED) is 0.651. The zero-order valence-corrected chi connectivity index (χ0v) is 6.74. The predicted molar refractivity (Wildman–Crippen MR) is 38.9 cm³/mol. The molecular formula is C6H5ClN2O3. The molecule has 0 aromatic carbocycles. The second-order valence-electron chi connectivity index (χ2n) is 2.06. The van der Waals surface area contributed by atoms with Crippen LogP contribution < -0.4 is 0 Å². The summed E-state index contributed by atoms with van der Waals surface area (Å²) in [5.41, 5.74) is 0. The highest BCUT2D eigenvalue weighted by Gasteiger charge is 2.15. The molecular weight excluding hydrogens is 184 g/mol.